The number of piperazine rings is 1. The molecule has 3 amide bonds. The molecule has 1 aliphatic rings. The van der Waals surface area contributed by atoms with E-state index in [1.165, 1.54) is 16.9 Å². The first kappa shape index (κ1) is 21.3. The molecular weight excluding hydrogens is 386 g/mol. The van der Waals surface area contributed by atoms with E-state index in [4.69, 9.17) is 0 Å². The second-order valence-corrected chi connectivity index (χ2v) is 8.39. The number of amides is 3. The van der Waals surface area contributed by atoms with Gasteiger partial charge in [-0.3, -0.25) is 10.1 Å². The minimum atomic E-state index is -0.127. The van der Waals surface area contributed by atoms with Crippen LogP contribution in [-0.4, -0.2) is 66.0 Å². The van der Waals surface area contributed by atoms with Crippen LogP contribution in [0.1, 0.15) is 24.6 Å². The van der Waals surface area contributed by atoms with Crippen LogP contribution in [0, 0.1) is 0 Å². The lowest BCUT2D eigenvalue weighted by atomic mass is 10.1. The van der Waals surface area contributed by atoms with E-state index in [9.17, 15) is 9.59 Å². The largest absolute Gasteiger partial charge is 0.353 e. The summed E-state index contributed by atoms with van der Waals surface area (Å²) in [7, 11) is 2.05. The predicted octanol–water partition coefficient (Wildman–Crippen LogP) is 2.60. The number of hydrogen-bond donors (Lipinski definition) is 2. The molecule has 2 heterocycles. The molecule has 8 heteroatoms. The number of nitrogens with zero attached hydrogens (tertiary/aromatic N) is 3. The number of aromatic nitrogens is 1. The number of nitrogens with one attached hydrogen (secondary N) is 2. The maximum absolute atomic E-state index is 12.3. The number of urea groups is 1. The predicted molar refractivity (Wildman–Crippen MR) is 116 cm³/mol. The standard InChI is InChI=1S/C21H29N5O2S/c1-16(8-9-17-6-4-3-5-7-17)22-19(27)14-18-15-29-20(23-18)24-21(28)26-12-10-25(2)11-13-26/h3-7,15-16H,8-14H2,1-2H3,(H,22,27)(H,23,24,28). The zero-order chi connectivity index (χ0) is 20.6. The summed E-state index contributed by atoms with van der Waals surface area (Å²) in [4.78, 5) is 33.0. The number of aryl methyl sites for hydroxylation is 1. The van der Waals surface area contributed by atoms with E-state index in [1.54, 1.807) is 4.90 Å². The Kier molecular flexibility index (Phi) is 7.60. The highest BCUT2D eigenvalue weighted by Gasteiger charge is 2.20. The van der Waals surface area contributed by atoms with Gasteiger partial charge in [0.05, 0.1) is 12.1 Å². The molecule has 1 aliphatic heterocycles. The lowest BCUT2D eigenvalue weighted by molar-refractivity contribution is -0.121. The van der Waals surface area contributed by atoms with E-state index >= 15 is 0 Å². The normalized spacial score (nSPS) is 15.7. The van der Waals surface area contributed by atoms with Crippen molar-refractivity contribution >= 4 is 28.4 Å². The molecular formula is C21H29N5O2S. The third-order valence-electron chi connectivity index (χ3n) is 5.01. The summed E-state index contributed by atoms with van der Waals surface area (Å²) in [6, 6.07) is 10.2. The van der Waals surface area contributed by atoms with E-state index in [0.717, 1.165) is 25.9 Å². The third kappa shape index (κ3) is 6.83. The molecule has 0 spiro atoms. The zero-order valence-electron chi connectivity index (χ0n) is 17.1. The van der Waals surface area contributed by atoms with Gasteiger partial charge in [0.15, 0.2) is 5.13 Å². The van der Waals surface area contributed by atoms with Crippen LogP contribution in [0.25, 0.3) is 0 Å². The fourth-order valence-electron chi connectivity index (χ4n) is 3.22. The van der Waals surface area contributed by atoms with E-state index in [2.05, 4.69) is 39.7 Å². The lowest BCUT2D eigenvalue weighted by Gasteiger charge is -2.32. The zero-order valence-corrected chi connectivity index (χ0v) is 17.9. The molecule has 0 bridgehead atoms. The van der Waals surface area contributed by atoms with Gasteiger partial charge in [-0.25, -0.2) is 9.78 Å². The highest BCUT2D eigenvalue weighted by atomic mass is 32.1. The molecule has 0 saturated carbocycles. The molecule has 156 valence electrons. The fourth-order valence-corrected chi connectivity index (χ4v) is 3.92. The van der Waals surface area contributed by atoms with Crippen molar-refractivity contribution in [2.75, 3.05) is 38.5 Å². The molecule has 0 aliphatic carbocycles. The highest BCUT2D eigenvalue weighted by molar-refractivity contribution is 7.13. The van der Waals surface area contributed by atoms with Crippen LogP contribution in [-0.2, 0) is 17.6 Å². The maximum atomic E-state index is 12.3. The van der Waals surface area contributed by atoms with Crippen LogP contribution in [0.3, 0.4) is 0 Å². The number of benzene rings is 1. The van der Waals surface area contributed by atoms with Gasteiger partial charge in [0.1, 0.15) is 0 Å². The Hall–Kier alpha value is -2.45. The van der Waals surface area contributed by atoms with Crippen molar-refractivity contribution in [3.63, 3.8) is 0 Å². The summed E-state index contributed by atoms with van der Waals surface area (Å²) < 4.78 is 0. The number of likely N-dealkylation sites (N-methyl/N-ethyl adjacent to an activating group) is 1. The SMILES string of the molecule is CC(CCc1ccccc1)NC(=O)Cc1csc(NC(=O)N2CCN(C)CC2)n1. The van der Waals surface area contributed by atoms with Crippen molar-refractivity contribution in [3.05, 3.63) is 47.0 Å². The average Bonchev–Trinajstić information content (AvgIpc) is 3.14. The Morgan fingerprint density at radius 3 is 2.62 bits per heavy atom. The van der Waals surface area contributed by atoms with E-state index in [1.807, 2.05) is 30.5 Å². The molecule has 29 heavy (non-hydrogen) atoms. The maximum Gasteiger partial charge on any atom is 0.323 e. The fraction of sp³-hybridized carbons (Fsp3) is 0.476. The van der Waals surface area contributed by atoms with Crippen LogP contribution < -0.4 is 10.6 Å². The number of carbonyl (C=O) groups is 2. The van der Waals surface area contributed by atoms with Gasteiger partial charge in [0.25, 0.3) is 0 Å². The van der Waals surface area contributed by atoms with Gasteiger partial charge >= 0.3 is 6.03 Å². The molecule has 3 rings (SSSR count). The highest BCUT2D eigenvalue weighted by Crippen LogP contribution is 2.17. The van der Waals surface area contributed by atoms with Crippen LogP contribution in [0.4, 0.5) is 9.93 Å². The molecule has 1 atom stereocenters. The Balaban J connectivity index is 1.40. The second kappa shape index (κ2) is 10.4. The molecule has 1 aromatic heterocycles. The summed E-state index contributed by atoms with van der Waals surface area (Å²) in [5.41, 5.74) is 1.95. The lowest BCUT2D eigenvalue weighted by Crippen LogP contribution is -2.48. The number of rotatable bonds is 7. The quantitative estimate of drug-likeness (QED) is 0.729. The van der Waals surface area contributed by atoms with Crippen molar-refractivity contribution in [1.29, 1.82) is 0 Å². The van der Waals surface area contributed by atoms with Gasteiger partial charge < -0.3 is 15.1 Å². The third-order valence-corrected chi connectivity index (χ3v) is 5.82. The van der Waals surface area contributed by atoms with Gasteiger partial charge in [-0.1, -0.05) is 30.3 Å². The Bertz CT molecular complexity index is 802. The second-order valence-electron chi connectivity index (χ2n) is 7.53. The van der Waals surface area contributed by atoms with Crippen molar-refractivity contribution in [2.24, 2.45) is 0 Å². The Morgan fingerprint density at radius 1 is 1.17 bits per heavy atom. The summed E-state index contributed by atoms with van der Waals surface area (Å²) in [6.45, 7) is 5.19. The Labute approximate surface area is 176 Å². The van der Waals surface area contributed by atoms with Crippen LogP contribution in [0.15, 0.2) is 35.7 Å². The molecule has 1 aromatic carbocycles. The van der Waals surface area contributed by atoms with Gasteiger partial charge in [-0.2, -0.15) is 0 Å². The minimum Gasteiger partial charge on any atom is -0.353 e. The van der Waals surface area contributed by atoms with Crippen molar-refractivity contribution in [1.82, 2.24) is 20.1 Å². The molecule has 1 unspecified atom stereocenters. The topological polar surface area (TPSA) is 77.6 Å². The number of carbonyl (C=O) groups excluding carboxylic acids is 2. The first-order chi connectivity index (χ1) is 14.0. The van der Waals surface area contributed by atoms with Gasteiger partial charge in [-0.15, -0.1) is 11.3 Å². The summed E-state index contributed by atoms with van der Waals surface area (Å²) in [5, 5.41) is 8.24. The van der Waals surface area contributed by atoms with Gasteiger partial charge in [-0.05, 0) is 32.4 Å². The van der Waals surface area contributed by atoms with Crippen molar-refractivity contribution in [2.45, 2.75) is 32.2 Å². The molecule has 1 fully saturated rings. The smallest absolute Gasteiger partial charge is 0.323 e. The molecule has 1 saturated heterocycles. The van der Waals surface area contributed by atoms with Crippen LogP contribution >= 0.6 is 11.3 Å². The van der Waals surface area contributed by atoms with Crippen LogP contribution in [0.2, 0.25) is 0 Å². The van der Waals surface area contributed by atoms with Gasteiger partial charge in [0, 0.05) is 37.6 Å². The van der Waals surface area contributed by atoms with Gasteiger partial charge in [0.2, 0.25) is 5.91 Å². The monoisotopic (exact) mass is 415 g/mol. The molecule has 2 aromatic rings. The van der Waals surface area contributed by atoms with Crippen molar-refractivity contribution < 1.29 is 9.59 Å². The first-order valence-corrected chi connectivity index (χ1v) is 10.9. The summed E-state index contributed by atoms with van der Waals surface area (Å²) >= 11 is 1.35. The van der Waals surface area contributed by atoms with Crippen molar-refractivity contribution in [3.8, 4) is 0 Å². The Morgan fingerprint density at radius 2 is 1.90 bits per heavy atom. The molecule has 7 nitrogen and oxygen atoms in total. The van der Waals surface area contributed by atoms with E-state index in [-0.39, 0.29) is 24.4 Å². The molecule has 2 N–H and O–H groups in total. The number of hydrogen-bond acceptors (Lipinski definition) is 5. The molecule has 0 radical (unpaired) electrons. The van der Waals surface area contributed by atoms with Crippen LogP contribution in [0.5, 0.6) is 0 Å². The minimum absolute atomic E-state index is 0.0483. The number of thiazole rings is 1. The number of anilines is 1. The van der Waals surface area contributed by atoms with E-state index in [0.29, 0.717) is 23.9 Å². The van der Waals surface area contributed by atoms with E-state index < -0.39 is 0 Å². The summed E-state index contributed by atoms with van der Waals surface area (Å²) in [5.74, 6) is -0.0483. The first-order valence-electron chi connectivity index (χ1n) is 10.0. The summed E-state index contributed by atoms with van der Waals surface area (Å²) in [6.07, 6.45) is 2.04. The average molecular weight is 416 g/mol.